The van der Waals surface area contributed by atoms with Crippen molar-refractivity contribution in [3.8, 4) is 5.75 Å². The molecular weight excluding hydrogens is 276 g/mol. The fourth-order valence-corrected chi connectivity index (χ4v) is 3.16. The minimum atomic E-state index is 0.717. The molecule has 3 nitrogen and oxygen atoms in total. The lowest BCUT2D eigenvalue weighted by Gasteiger charge is -2.35. The zero-order chi connectivity index (χ0) is 13.7. The van der Waals surface area contributed by atoms with Gasteiger partial charge >= 0.3 is 0 Å². The number of aryl methyl sites for hydroxylation is 1. The molecule has 0 N–H and O–H groups in total. The number of benzene rings is 1. The zero-order valence-corrected chi connectivity index (χ0v) is 13.1. The largest absolute Gasteiger partial charge is 0.492 e. The van der Waals surface area contributed by atoms with E-state index in [4.69, 9.17) is 17.0 Å². The molecular formula is C14H20N2OS2. The van der Waals surface area contributed by atoms with Crippen molar-refractivity contribution in [1.29, 1.82) is 0 Å². The minimum Gasteiger partial charge on any atom is -0.492 e. The van der Waals surface area contributed by atoms with Crippen molar-refractivity contribution in [2.45, 2.75) is 13.8 Å². The Kier molecular flexibility index (Phi) is 5.48. The van der Waals surface area contributed by atoms with Crippen molar-refractivity contribution in [2.24, 2.45) is 0 Å². The van der Waals surface area contributed by atoms with Gasteiger partial charge in [0, 0.05) is 13.1 Å². The van der Waals surface area contributed by atoms with Crippen LogP contribution in [0.1, 0.15) is 12.5 Å². The highest BCUT2D eigenvalue weighted by Gasteiger charge is 2.19. The van der Waals surface area contributed by atoms with E-state index in [2.05, 4.69) is 35.8 Å². The molecule has 0 unspecified atom stereocenters. The summed E-state index contributed by atoms with van der Waals surface area (Å²) in [6.07, 6.45) is 0. The Bertz CT molecular complexity index is 439. The van der Waals surface area contributed by atoms with E-state index in [9.17, 15) is 0 Å². The SMILES string of the molecule is CCN1CN(CCOc2cccc(C)c2)CSC1=S. The minimum absolute atomic E-state index is 0.717. The van der Waals surface area contributed by atoms with Crippen molar-refractivity contribution in [1.82, 2.24) is 9.80 Å². The molecule has 0 atom stereocenters. The standard InChI is InChI=1S/C14H20N2OS2/c1-3-16-10-15(11-19-14(16)18)7-8-17-13-6-4-5-12(2)9-13/h4-6,9H,3,7-8,10-11H2,1-2H3. The van der Waals surface area contributed by atoms with Crippen molar-refractivity contribution >= 4 is 28.3 Å². The number of ether oxygens (including phenoxy) is 1. The lowest BCUT2D eigenvalue weighted by Crippen LogP contribution is -2.45. The fraction of sp³-hybridized carbons (Fsp3) is 0.500. The molecule has 19 heavy (non-hydrogen) atoms. The van der Waals surface area contributed by atoms with Crippen molar-refractivity contribution < 1.29 is 4.74 Å². The number of hydrogen-bond donors (Lipinski definition) is 0. The maximum atomic E-state index is 5.78. The van der Waals surface area contributed by atoms with E-state index in [1.54, 1.807) is 11.8 Å². The zero-order valence-electron chi connectivity index (χ0n) is 11.5. The van der Waals surface area contributed by atoms with E-state index >= 15 is 0 Å². The monoisotopic (exact) mass is 296 g/mol. The number of nitrogens with zero attached hydrogens (tertiary/aromatic N) is 2. The molecule has 0 saturated carbocycles. The Morgan fingerprint density at radius 2 is 2.26 bits per heavy atom. The van der Waals surface area contributed by atoms with E-state index in [0.717, 1.165) is 35.7 Å². The molecule has 1 saturated heterocycles. The van der Waals surface area contributed by atoms with Gasteiger partial charge in [-0.25, -0.2) is 0 Å². The third-order valence-corrected chi connectivity index (χ3v) is 4.66. The van der Waals surface area contributed by atoms with Crippen LogP contribution in [0.15, 0.2) is 24.3 Å². The molecule has 0 bridgehead atoms. The van der Waals surface area contributed by atoms with Gasteiger partial charge in [0.05, 0.1) is 12.5 Å². The number of rotatable bonds is 5. The van der Waals surface area contributed by atoms with Crippen LogP contribution in [0.5, 0.6) is 5.75 Å². The maximum absolute atomic E-state index is 5.78. The van der Waals surface area contributed by atoms with Crippen LogP contribution < -0.4 is 4.74 Å². The average Bonchev–Trinajstić information content (AvgIpc) is 2.41. The lowest BCUT2D eigenvalue weighted by molar-refractivity contribution is 0.179. The molecule has 1 aliphatic heterocycles. The van der Waals surface area contributed by atoms with Gasteiger partial charge in [0.1, 0.15) is 16.7 Å². The number of thioether (sulfide) groups is 1. The van der Waals surface area contributed by atoms with Gasteiger partial charge in [0.25, 0.3) is 0 Å². The molecule has 0 aromatic heterocycles. The van der Waals surface area contributed by atoms with Crippen LogP contribution in [-0.2, 0) is 0 Å². The molecule has 1 aromatic carbocycles. The van der Waals surface area contributed by atoms with Gasteiger partial charge in [-0.05, 0) is 31.5 Å². The van der Waals surface area contributed by atoms with Gasteiger partial charge in [-0.1, -0.05) is 36.1 Å². The van der Waals surface area contributed by atoms with E-state index in [-0.39, 0.29) is 0 Å². The predicted molar refractivity (Wildman–Crippen MR) is 85.7 cm³/mol. The first-order valence-corrected chi connectivity index (χ1v) is 7.92. The molecule has 0 aliphatic carbocycles. The quantitative estimate of drug-likeness (QED) is 0.774. The Hall–Kier alpha value is -0.780. The van der Waals surface area contributed by atoms with E-state index in [0.29, 0.717) is 6.61 Å². The molecule has 5 heteroatoms. The molecule has 0 radical (unpaired) electrons. The van der Waals surface area contributed by atoms with Crippen LogP contribution in [0.25, 0.3) is 0 Å². The van der Waals surface area contributed by atoms with Crippen molar-refractivity contribution in [3.05, 3.63) is 29.8 Å². The van der Waals surface area contributed by atoms with Crippen LogP contribution >= 0.6 is 24.0 Å². The lowest BCUT2D eigenvalue weighted by atomic mass is 10.2. The summed E-state index contributed by atoms with van der Waals surface area (Å²) >= 11 is 7.05. The van der Waals surface area contributed by atoms with Gasteiger partial charge < -0.3 is 9.64 Å². The Morgan fingerprint density at radius 3 is 3.00 bits per heavy atom. The molecule has 0 spiro atoms. The van der Waals surface area contributed by atoms with E-state index in [1.165, 1.54) is 5.56 Å². The first-order valence-electron chi connectivity index (χ1n) is 6.52. The molecule has 1 aliphatic rings. The summed E-state index contributed by atoms with van der Waals surface area (Å²) in [6.45, 7) is 7.75. The maximum Gasteiger partial charge on any atom is 0.138 e. The smallest absolute Gasteiger partial charge is 0.138 e. The summed E-state index contributed by atoms with van der Waals surface area (Å²) < 4.78 is 6.80. The third kappa shape index (κ3) is 4.37. The third-order valence-electron chi connectivity index (χ3n) is 3.05. The average molecular weight is 296 g/mol. The van der Waals surface area contributed by atoms with Crippen LogP contribution in [0.2, 0.25) is 0 Å². The highest BCUT2D eigenvalue weighted by molar-refractivity contribution is 8.22. The summed E-state index contributed by atoms with van der Waals surface area (Å²) in [5.41, 5.74) is 1.23. The van der Waals surface area contributed by atoms with Crippen molar-refractivity contribution in [2.75, 3.05) is 32.2 Å². The molecule has 1 aromatic rings. The van der Waals surface area contributed by atoms with Crippen LogP contribution in [0, 0.1) is 6.92 Å². The van der Waals surface area contributed by atoms with Crippen molar-refractivity contribution in [3.63, 3.8) is 0 Å². The first-order chi connectivity index (χ1) is 9.19. The first kappa shape index (κ1) is 14.6. The molecule has 1 fully saturated rings. The van der Waals surface area contributed by atoms with E-state index in [1.807, 2.05) is 12.1 Å². The van der Waals surface area contributed by atoms with Crippen LogP contribution in [-0.4, -0.2) is 46.4 Å². The Morgan fingerprint density at radius 1 is 1.42 bits per heavy atom. The van der Waals surface area contributed by atoms with Gasteiger partial charge in [0.15, 0.2) is 0 Å². The number of hydrogen-bond acceptors (Lipinski definition) is 4. The topological polar surface area (TPSA) is 15.7 Å². The van der Waals surface area contributed by atoms with Gasteiger partial charge in [-0.15, -0.1) is 0 Å². The second-order valence-corrected chi connectivity index (χ2v) is 6.17. The van der Waals surface area contributed by atoms with Crippen LogP contribution in [0.3, 0.4) is 0 Å². The highest BCUT2D eigenvalue weighted by atomic mass is 32.2. The molecule has 0 amide bonds. The molecule has 104 valence electrons. The molecule has 2 rings (SSSR count). The Balaban J connectivity index is 1.75. The second-order valence-electron chi connectivity index (χ2n) is 4.60. The van der Waals surface area contributed by atoms with Gasteiger partial charge in [-0.3, -0.25) is 4.90 Å². The second kappa shape index (κ2) is 7.12. The summed E-state index contributed by atoms with van der Waals surface area (Å²) in [4.78, 5) is 4.58. The predicted octanol–water partition coefficient (Wildman–Crippen LogP) is 2.94. The molecule has 1 heterocycles. The summed E-state index contributed by atoms with van der Waals surface area (Å²) in [7, 11) is 0. The highest BCUT2D eigenvalue weighted by Crippen LogP contribution is 2.18. The normalized spacial score (nSPS) is 16.7. The number of thiocarbonyl (C=S) groups is 1. The summed E-state index contributed by atoms with van der Waals surface area (Å²) in [5.74, 6) is 1.92. The summed E-state index contributed by atoms with van der Waals surface area (Å²) in [6, 6.07) is 8.18. The summed E-state index contributed by atoms with van der Waals surface area (Å²) in [5, 5.41) is 0. The van der Waals surface area contributed by atoms with E-state index < -0.39 is 0 Å². The van der Waals surface area contributed by atoms with Gasteiger partial charge in [-0.2, -0.15) is 0 Å². The van der Waals surface area contributed by atoms with Crippen LogP contribution in [0.4, 0.5) is 0 Å². The fourth-order valence-electron chi connectivity index (χ4n) is 1.94. The van der Waals surface area contributed by atoms with Gasteiger partial charge in [0.2, 0.25) is 0 Å². The Labute approximate surface area is 124 Å².